The first-order chi connectivity index (χ1) is 8.47. The predicted octanol–water partition coefficient (Wildman–Crippen LogP) is 2.58. The van der Waals surface area contributed by atoms with Crippen molar-refractivity contribution < 1.29 is 9.90 Å². The number of aryl methyl sites for hydroxylation is 1. The normalized spacial score (nSPS) is 12.7. The summed E-state index contributed by atoms with van der Waals surface area (Å²) in [6.07, 6.45) is 1.26. The third-order valence-corrected chi connectivity index (χ3v) is 3.05. The van der Waals surface area contributed by atoms with Gasteiger partial charge in [-0.3, -0.25) is 4.79 Å². The Morgan fingerprint density at radius 3 is 2.50 bits per heavy atom. The molecule has 1 unspecified atom stereocenters. The molecule has 0 heterocycles. The molecule has 100 valence electrons. The van der Waals surface area contributed by atoms with E-state index in [1.54, 1.807) is 0 Å². The molecule has 1 rings (SSSR count). The van der Waals surface area contributed by atoms with Crippen LogP contribution in [0, 0.1) is 12.8 Å². The average molecular weight is 249 g/mol. The Morgan fingerprint density at radius 1 is 1.33 bits per heavy atom. The third kappa shape index (κ3) is 5.82. The van der Waals surface area contributed by atoms with Crippen LogP contribution < -0.4 is 0 Å². The van der Waals surface area contributed by atoms with Gasteiger partial charge in [-0.15, -0.1) is 0 Å². The van der Waals surface area contributed by atoms with E-state index in [-0.39, 0.29) is 12.3 Å². The Balaban J connectivity index is 2.30. The third-order valence-electron chi connectivity index (χ3n) is 3.05. The Kier molecular flexibility index (Phi) is 5.86. The number of likely N-dealkylation sites (N-methyl/N-ethyl adjacent to an activating group) is 1. The number of carboxylic acid groups (broad SMARTS) is 1. The molecule has 1 aromatic rings. The van der Waals surface area contributed by atoms with Crippen molar-refractivity contribution >= 4 is 5.97 Å². The summed E-state index contributed by atoms with van der Waals surface area (Å²) in [7, 11) is 2.05. The second-order valence-corrected chi connectivity index (χ2v) is 5.20. The van der Waals surface area contributed by atoms with E-state index in [2.05, 4.69) is 36.1 Å². The molecular formula is C15H23NO2. The van der Waals surface area contributed by atoms with Crippen LogP contribution in [0.1, 0.15) is 24.5 Å². The van der Waals surface area contributed by atoms with Gasteiger partial charge in [-0.2, -0.15) is 0 Å². The van der Waals surface area contributed by atoms with Crippen LogP contribution in [0.4, 0.5) is 0 Å². The second kappa shape index (κ2) is 7.17. The summed E-state index contributed by atoms with van der Waals surface area (Å²) in [5.41, 5.74) is 2.61. The number of carbonyl (C=O) groups is 1. The first-order valence-electron chi connectivity index (χ1n) is 6.43. The Labute approximate surface area is 109 Å². The lowest BCUT2D eigenvalue weighted by Crippen LogP contribution is -2.27. The van der Waals surface area contributed by atoms with Gasteiger partial charge in [-0.25, -0.2) is 0 Å². The Hall–Kier alpha value is -1.35. The van der Waals surface area contributed by atoms with E-state index in [0.29, 0.717) is 0 Å². The average Bonchev–Trinajstić information content (AvgIpc) is 2.27. The van der Waals surface area contributed by atoms with Gasteiger partial charge in [0, 0.05) is 19.5 Å². The highest BCUT2D eigenvalue weighted by Gasteiger charge is 2.10. The molecule has 0 fully saturated rings. The van der Waals surface area contributed by atoms with Crippen LogP contribution in [0.5, 0.6) is 0 Å². The van der Waals surface area contributed by atoms with E-state index in [0.717, 1.165) is 19.5 Å². The van der Waals surface area contributed by atoms with Gasteiger partial charge in [-0.1, -0.05) is 36.8 Å². The number of hydrogen-bond acceptors (Lipinski definition) is 2. The van der Waals surface area contributed by atoms with Crippen LogP contribution in [0.2, 0.25) is 0 Å². The molecule has 0 aliphatic rings. The summed E-state index contributed by atoms with van der Waals surface area (Å²) >= 11 is 0. The fraction of sp³-hybridized carbons (Fsp3) is 0.533. The monoisotopic (exact) mass is 249 g/mol. The molecule has 3 nitrogen and oxygen atoms in total. The maximum atomic E-state index is 10.6. The lowest BCUT2D eigenvalue weighted by molar-refractivity contribution is -0.138. The summed E-state index contributed by atoms with van der Waals surface area (Å²) in [5, 5.41) is 8.71. The highest BCUT2D eigenvalue weighted by molar-refractivity contribution is 5.66. The molecule has 0 amide bonds. The number of aliphatic carboxylic acids is 1. The molecule has 1 N–H and O–H groups in total. The fourth-order valence-corrected chi connectivity index (χ4v) is 2.06. The van der Waals surface area contributed by atoms with Gasteiger partial charge in [0.25, 0.3) is 0 Å². The fourth-order valence-electron chi connectivity index (χ4n) is 2.06. The molecule has 0 aliphatic carbocycles. The SMILES string of the molecule is Cc1ccc(CCN(C)CC(C)CC(=O)O)cc1. The van der Waals surface area contributed by atoms with Crippen LogP contribution in [0.3, 0.4) is 0 Å². The van der Waals surface area contributed by atoms with Crippen LogP contribution in [-0.4, -0.2) is 36.1 Å². The lowest BCUT2D eigenvalue weighted by Gasteiger charge is -2.20. The van der Waals surface area contributed by atoms with Gasteiger partial charge in [0.1, 0.15) is 0 Å². The van der Waals surface area contributed by atoms with E-state index < -0.39 is 5.97 Å². The summed E-state index contributed by atoms with van der Waals surface area (Å²) in [6, 6.07) is 8.57. The minimum atomic E-state index is -0.713. The first kappa shape index (κ1) is 14.7. The topological polar surface area (TPSA) is 40.5 Å². The quantitative estimate of drug-likeness (QED) is 0.807. The molecule has 0 saturated carbocycles. The zero-order valence-corrected chi connectivity index (χ0v) is 11.5. The molecule has 0 spiro atoms. The second-order valence-electron chi connectivity index (χ2n) is 5.20. The Morgan fingerprint density at radius 2 is 1.94 bits per heavy atom. The van der Waals surface area contributed by atoms with Gasteiger partial charge in [0.2, 0.25) is 0 Å². The van der Waals surface area contributed by atoms with Crippen LogP contribution >= 0.6 is 0 Å². The lowest BCUT2D eigenvalue weighted by atomic mass is 10.1. The largest absolute Gasteiger partial charge is 0.481 e. The minimum Gasteiger partial charge on any atom is -0.481 e. The van der Waals surface area contributed by atoms with Gasteiger partial charge in [0.05, 0.1) is 0 Å². The van der Waals surface area contributed by atoms with Crippen LogP contribution in [-0.2, 0) is 11.2 Å². The molecule has 18 heavy (non-hydrogen) atoms. The highest BCUT2D eigenvalue weighted by Crippen LogP contribution is 2.07. The molecule has 0 aromatic heterocycles. The van der Waals surface area contributed by atoms with Crippen molar-refractivity contribution in [3.8, 4) is 0 Å². The number of carboxylic acids is 1. The molecule has 0 bridgehead atoms. The molecule has 0 saturated heterocycles. The highest BCUT2D eigenvalue weighted by atomic mass is 16.4. The van der Waals surface area contributed by atoms with Crippen LogP contribution in [0.25, 0.3) is 0 Å². The number of nitrogens with zero attached hydrogens (tertiary/aromatic N) is 1. The molecular weight excluding hydrogens is 226 g/mol. The van der Waals surface area contributed by atoms with Crippen LogP contribution in [0.15, 0.2) is 24.3 Å². The van der Waals surface area contributed by atoms with Crippen molar-refractivity contribution in [2.75, 3.05) is 20.1 Å². The van der Waals surface area contributed by atoms with Crippen molar-refractivity contribution in [2.45, 2.75) is 26.7 Å². The molecule has 0 aliphatic heterocycles. The van der Waals surface area contributed by atoms with Gasteiger partial charge in [0.15, 0.2) is 0 Å². The molecule has 1 aromatic carbocycles. The van der Waals surface area contributed by atoms with E-state index in [4.69, 9.17) is 5.11 Å². The van der Waals surface area contributed by atoms with Gasteiger partial charge in [-0.05, 0) is 31.9 Å². The number of hydrogen-bond donors (Lipinski definition) is 1. The van der Waals surface area contributed by atoms with Crippen molar-refractivity contribution in [1.29, 1.82) is 0 Å². The Bertz CT molecular complexity index is 373. The summed E-state index contributed by atoms with van der Waals surface area (Å²) in [4.78, 5) is 12.8. The predicted molar refractivity (Wildman–Crippen MR) is 73.8 cm³/mol. The van der Waals surface area contributed by atoms with Gasteiger partial charge >= 0.3 is 5.97 Å². The molecule has 0 radical (unpaired) electrons. The van der Waals surface area contributed by atoms with E-state index in [1.165, 1.54) is 11.1 Å². The van der Waals surface area contributed by atoms with E-state index >= 15 is 0 Å². The zero-order chi connectivity index (χ0) is 13.5. The van der Waals surface area contributed by atoms with E-state index in [9.17, 15) is 4.79 Å². The summed E-state index contributed by atoms with van der Waals surface area (Å²) < 4.78 is 0. The van der Waals surface area contributed by atoms with Crippen molar-refractivity contribution in [3.05, 3.63) is 35.4 Å². The van der Waals surface area contributed by atoms with E-state index in [1.807, 2.05) is 14.0 Å². The summed E-state index contributed by atoms with van der Waals surface area (Å²) in [5.74, 6) is -0.514. The maximum absolute atomic E-state index is 10.6. The van der Waals surface area contributed by atoms with Crippen molar-refractivity contribution in [2.24, 2.45) is 5.92 Å². The molecule has 1 atom stereocenters. The zero-order valence-electron chi connectivity index (χ0n) is 11.5. The number of benzene rings is 1. The van der Waals surface area contributed by atoms with Crippen molar-refractivity contribution in [1.82, 2.24) is 4.90 Å². The smallest absolute Gasteiger partial charge is 0.303 e. The maximum Gasteiger partial charge on any atom is 0.303 e. The van der Waals surface area contributed by atoms with Gasteiger partial charge < -0.3 is 10.0 Å². The van der Waals surface area contributed by atoms with Crippen molar-refractivity contribution in [3.63, 3.8) is 0 Å². The first-order valence-corrected chi connectivity index (χ1v) is 6.43. The summed E-state index contributed by atoms with van der Waals surface area (Å²) in [6.45, 7) is 5.87. The standard InChI is InChI=1S/C15H23NO2/c1-12-4-6-14(7-5-12)8-9-16(3)11-13(2)10-15(17)18/h4-7,13H,8-11H2,1-3H3,(H,17,18). The number of rotatable bonds is 7. The molecule has 3 heteroatoms. The minimum absolute atomic E-state index is 0.200.